The molecule has 1 N–H and O–H groups in total. The number of nitrogens with zero attached hydrogens (tertiary/aromatic N) is 3. The predicted molar refractivity (Wildman–Crippen MR) is 170 cm³/mol. The van der Waals surface area contributed by atoms with Crippen LogP contribution in [0, 0.1) is 11.6 Å². The molecule has 0 unspecified atom stereocenters. The number of hydrogen-bond acceptors (Lipinski definition) is 6. The van der Waals surface area contributed by atoms with Crippen LogP contribution in [0.1, 0.15) is 69.8 Å². The van der Waals surface area contributed by atoms with Crippen LogP contribution in [0.5, 0.6) is 5.75 Å². The van der Waals surface area contributed by atoms with Gasteiger partial charge in [-0.2, -0.15) is 0 Å². The molecule has 0 spiro atoms. The van der Waals surface area contributed by atoms with Crippen LogP contribution in [0.25, 0.3) is 10.9 Å². The van der Waals surface area contributed by atoms with E-state index in [1.807, 2.05) is 43.0 Å². The number of H-pyrrole nitrogens is 1. The maximum absolute atomic E-state index is 15.9. The van der Waals surface area contributed by atoms with Crippen molar-refractivity contribution in [3.63, 3.8) is 0 Å². The molecule has 1 fully saturated rings. The number of nitrogens with one attached hydrogen (secondary N) is 1. The Morgan fingerprint density at radius 1 is 1.02 bits per heavy atom. The normalized spacial score (nSPS) is 20.0. The smallest absolute Gasteiger partial charge is 0.305 e. The minimum Gasteiger partial charge on any atom is -0.492 e. The number of hydrogen-bond donors (Lipinski definition) is 1. The summed E-state index contributed by atoms with van der Waals surface area (Å²) in [5.74, 6) is -1.39. The molecule has 3 heterocycles. The topological polar surface area (TPSA) is 61.0 Å². The largest absolute Gasteiger partial charge is 0.492 e. The molecule has 10 heteroatoms. The Labute approximate surface area is 264 Å². The second kappa shape index (κ2) is 14.6. The number of ether oxygens (including phenoxy) is 2. The standard InChI is InChI=1S/C35H47F3N4O3/c1-5-44-31(43)12-8-9-13-40-14-16-41(17-15-40)18-19-45-25-21-28(36)32(29(37)22-25)34-33-27(26-10-6-7-11-30(26)39-33)20-24(2)42(34)23-35(3,4)38/h6-7,10-11,21-22,24,34,39H,5,8-9,12-20,23H2,1-4H3/t24-,34-/m1/s1. The van der Waals surface area contributed by atoms with Crippen molar-refractivity contribution in [2.75, 3.05) is 59.0 Å². The third-order valence-electron chi connectivity index (χ3n) is 8.95. The number of halogens is 3. The first-order valence-electron chi connectivity index (χ1n) is 16.3. The van der Waals surface area contributed by atoms with Gasteiger partial charge >= 0.3 is 5.97 Å². The number of benzene rings is 2. The van der Waals surface area contributed by atoms with E-state index in [2.05, 4.69) is 14.8 Å². The minimum absolute atomic E-state index is 0.0334. The van der Waals surface area contributed by atoms with Gasteiger partial charge in [-0.1, -0.05) is 18.2 Å². The van der Waals surface area contributed by atoms with E-state index >= 15 is 13.2 Å². The zero-order valence-corrected chi connectivity index (χ0v) is 27.0. The van der Waals surface area contributed by atoms with Gasteiger partial charge in [0.15, 0.2) is 0 Å². The molecule has 0 amide bonds. The molecule has 0 bridgehead atoms. The summed E-state index contributed by atoms with van der Waals surface area (Å²) in [5, 5.41) is 1.03. The van der Waals surface area contributed by atoms with E-state index in [9.17, 15) is 4.79 Å². The van der Waals surface area contributed by atoms with E-state index in [0.29, 0.717) is 38.3 Å². The highest BCUT2D eigenvalue weighted by Crippen LogP contribution is 2.43. The molecule has 2 atom stereocenters. The molecule has 2 aromatic carbocycles. The fraction of sp³-hybridized carbons (Fsp3) is 0.571. The molecule has 7 nitrogen and oxygen atoms in total. The highest BCUT2D eigenvalue weighted by Gasteiger charge is 2.41. The first-order valence-corrected chi connectivity index (χ1v) is 16.3. The van der Waals surface area contributed by atoms with Crippen LogP contribution >= 0.6 is 0 Å². The van der Waals surface area contributed by atoms with Crippen LogP contribution in [0.2, 0.25) is 0 Å². The molecular formula is C35H47F3N4O3. The number of unbranched alkanes of at least 4 members (excludes halogenated alkanes) is 1. The molecule has 45 heavy (non-hydrogen) atoms. The summed E-state index contributed by atoms with van der Waals surface area (Å²) in [4.78, 5) is 21.5. The van der Waals surface area contributed by atoms with E-state index in [1.165, 1.54) is 26.0 Å². The molecule has 2 aliphatic heterocycles. The summed E-state index contributed by atoms with van der Waals surface area (Å²) in [6.07, 6.45) is 2.90. The summed E-state index contributed by atoms with van der Waals surface area (Å²) < 4.78 is 57.7. The van der Waals surface area contributed by atoms with Gasteiger partial charge in [0.05, 0.1) is 12.6 Å². The lowest BCUT2D eigenvalue weighted by Gasteiger charge is -2.43. The van der Waals surface area contributed by atoms with E-state index in [0.717, 1.165) is 62.0 Å². The molecule has 1 saturated heterocycles. The highest BCUT2D eigenvalue weighted by atomic mass is 19.1. The van der Waals surface area contributed by atoms with E-state index < -0.39 is 23.3 Å². The summed E-state index contributed by atoms with van der Waals surface area (Å²) in [7, 11) is 0. The maximum atomic E-state index is 15.9. The number of carbonyl (C=O) groups excluding carboxylic acids is 1. The number of piperazine rings is 1. The second-order valence-electron chi connectivity index (χ2n) is 13.0. The first-order chi connectivity index (χ1) is 21.5. The molecule has 246 valence electrons. The molecule has 0 saturated carbocycles. The lowest BCUT2D eigenvalue weighted by molar-refractivity contribution is -0.143. The number of rotatable bonds is 13. The van der Waals surface area contributed by atoms with Crippen molar-refractivity contribution in [2.24, 2.45) is 0 Å². The van der Waals surface area contributed by atoms with Gasteiger partial charge in [0, 0.05) is 86.0 Å². The van der Waals surface area contributed by atoms with Crippen molar-refractivity contribution in [1.29, 1.82) is 0 Å². The van der Waals surface area contributed by atoms with Gasteiger partial charge in [0.25, 0.3) is 0 Å². The molecule has 1 aromatic heterocycles. The summed E-state index contributed by atoms with van der Waals surface area (Å²) in [6, 6.07) is 9.43. The molecule has 5 rings (SSSR count). The van der Waals surface area contributed by atoms with Crippen LogP contribution in [-0.4, -0.2) is 96.4 Å². The Morgan fingerprint density at radius 2 is 1.69 bits per heavy atom. The fourth-order valence-corrected chi connectivity index (χ4v) is 6.77. The summed E-state index contributed by atoms with van der Waals surface area (Å²) >= 11 is 0. The Balaban J connectivity index is 1.21. The molecule has 3 aromatic rings. The van der Waals surface area contributed by atoms with Crippen LogP contribution in [-0.2, 0) is 16.0 Å². The van der Waals surface area contributed by atoms with Crippen molar-refractivity contribution < 1.29 is 27.4 Å². The van der Waals surface area contributed by atoms with Crippen LogP contribution < -0.4 is 4.74 Å². The zero-order chi connectivity index (χ0) is 32.1. The molecule has 0 aliphatic carbocycles. The van der Waals surface area contributed by atoms with Crippen molar-refractivity contribution in [1.82, 2.24) is 19.7 Å². The summed E-state index contributed by atoms with van der Waals surface area (Å²) in [6.45, 7) is 12.8. The van der Waals surface area contributed by atoms with Gasteiger partial charge in [0.2, 0.25) is 0 Å². The number of aromatic nitrogens is 1. The monoisotopic (exact) mass is 628 g/mol. The van der Waals surface area contributed by atoms with Gasteiger partial charge in [-0.15, -0.1) is 0 Å². The Morgan fingerprint density at radius 3 is 2.36 bits per heavy atom. The SMILES string of the molecule is CCOC(=O)CCCCN1CCN(CCOc2cc(F)c([C@@H]3c4[nH]c5ccccc5c4C[C@@H](C)N3CC(C)(C)F)c(F)c2)CC1. The van der Waals surface area contributed by atoms with Crippen LogP contribution in [0.4, 0.5) is 13.2 Å². The van der Waals surface area contributed by atoms with Crippen molar-refractivity contribution in [2.45, 2.75) is 71.1 Å². The zero-order valence-electron chi connectivity index (χ0n) is 27.0. The number of para-hydroxylation sites is 1. The quantitative estimate of drug-likeness (QED) is 0.178. The minimum atomic E-state index is -1.55. The second-order valence-corrected chi connectivity index (χ2v) is 13.0. The predicted octanol–water partition coefficient (Wildman–Crippen LogP) is 6.26. The van der Waals surface area contributed by atoms with Crippen molar-refractivity contribution in [3.05, 3.63) is 64.9 Å². The average molecular weight is 629 g/mol. The number of aromatic amines is 1. The number of esters is 1. The fourth-order valence-electron chi connectivity index (χ4n) is 6.77. The number of carbonyl (C=O) groups is 1. The first kappa shape index (κ1) is 33.3. The van der Waals surface area contributed by atoms with Crippen LogP contribution in [0.15, 0.2) is 36.4 Å². The van der Waals surface area contributed by atoms with Gasteiger partial charge in [-0.3, -0.25) is 14.6 Å². The third kappa shape index (κ3) is 8.20. The van der Waals surface area contributed by atoms with Gasteiger partial charge in [-0.25, -0.2) is 13.2 Å². The Hall–Kier alpha value is -3.08. The molecule has 2 aliphatic rings. The van der Waals surface area contributed by atoms with Crippen molar-refractivity contribution in [3.8, 4) is 5.75 Å². The lowest BCUT2D eigenvalue weighted by Crippen LogP contribution is -2.48. The summed E-state index contributed by atoms with van der Waals surface area (Å²) in [5.41, 5.74) is 0.984. The van der Waals surface area contributed by atoms with E-state index in [1.54, 1.807) is 0 Å². The van der Waals surface area contributed by atoms with E-state index in [4.69, 9.17) is 9.47 Å². The van der Waals surface area contributed by atoms with Crippen LogP contribution in [0.3, 0.4) is 0 Å². The highest BCUT2D eigenvalue weighted by molar-refractivity contribution is 5.85. The van der Waals surface area contributed by atoms with Gasteiger partial charge in [-0.05, 0) is 65.1 Å². The number of alkyl halides is 1. The molecular weight excluding hydrogens is 581 g/mol. The average Bonchev–Trinajstić information content (AvgIpc) is 3.35. The van der Waals surface area contributed by atoms with Crippen molar-refractivity contribution >= 4 is 16.9 Å². The van der Waals surface area contributed by atoms with Gasteiger partial charge in [0.1, 0.15) is 29.7 Å². The lowest BCUT2D eigenvalue weighted by atomic mass is 9.87. The number of fused-ring (bicyclic) bond motifs is 3. The Bertz CT molecular complexity index is 1420. The maximum Gasteiger partial charge on any atom is 0.305 e. The van der Waals surface area contributed by atoms with Gasteiger partial charge < -0.3 is 19.4 Å². The third-order valence-corrected chi connectivity index (χ3v) is 8.95. The Kier molecular flexibility index (Phi) is 10.8. The molecule has 0 radical (unpaired) electrons. The van der Waals surface area contributed by atoms with E-state index in [-0.39, 0.29) is 29.9 Å².